The van der Waals surface area contributed by atoms with E-state index < -0.39 is 0 Å². The molecule has 0 saturated heterocycles. The maximum atomic E-state index is 12.2. The van der Waals surface area contributed by atoms with Gasteiger partial charge in [-0.1, -0.05) is 6.92 Å². The summed E-state index contributed by atoms with van der Waals surface area (Å²) < 4.78 is 15.7. The number of benzene rings is 1. The van der Waals surface area contributed by atoms with Crippen molar-refractivity contribution in [1.82, 2.24) is 10.6 Å². The monoisotopic (exact) mass is 332 g/mol. The van der Waals surface area contributed by atoms with E-state index >= 15 is 0 Å². The zero-order chi connectivity index (χ0) is 15.8. The van der Waals surface area contributed by atoms with Crippen molar-refractivity contribution in [3.63, 3.8) is 0 Å². The first kappa shape index (κ1) is 20.3. The van der Waals surface area contributed by atoms with Crippen LogP contribution in [0.15, 0.2) is 12.1 Å². The van der Waals surface area contributed by atoms with Crippen LogP contribution in [0.2, 0.25) is 0 Å². The van der Waals surface area contributed by atoms with Crippen LogP contribution >= 0.6 is 12.4 Å². The van der Waals surface area contributed by atoms with Crippen LogP contribution in [0.4, 0.5) is 0 Å². The second kappa shape index (κ2) is 10.1. The largest absolute Gasteiger partial charge is 0.493 e. The first-order chi connectivity index (χ1) is 10.1. The Labute approximate surface area is 137 Å². The molecule has 0 spiro atoms. The third kappa shape index (κ3) is 5.27. The molecule has 0 radical (unpaired) electrons. The highest BCUT2D eigenvalue weighted by Crippen LogP contribution is 2.38. The van der Waals surface area contributed by atoms with Gasteiger partial charge in [-0.3, -0.25) is 4.79 Å². The minimum atomic E-state index is -0.181. The van der Waals surface area contributed by atoms with Crippen molar-refractivity contribution in [2.75, 3.05) is 34.4 Å². The molecule has 7 heteroatoms. The van der Waals surface area contributed by atoms with Crippen molar-refractivity contribution in [1.29, 1.82) is 0 Å². The lowest BCUT2D eigenvalue weighted by Crippen LogP contribution is -2.38. The summed E-state index contributed by atoms with van der Waals surface area (Å²) in [4.78, 5) is 12.2. The van der Waals surface area contributed by atoms with Crippen molar-refractivity contribution in [2.45, 2.75) is 19.9 Å². The molecule has 0 heterocycles. The van der Waals surface area contributed by atoms with E-state index in [2.05, 4.69) is 10.6 Å². The molecule has 0 aliphatic heterocycles. The average molecular weight is 333 g/mol. The highest BCUT2D eigenvalue weighted by atomic mass is 35.5. The van der Waals surface area contributed by atoms with E-state index in [0.29, 0.717) is 29.4 Å². The summed E-state index contributed by atoms with van der Waals surface area (Å²) in [5.74, 6) is 1.21. The predicted molar refractivity (Wildman–Crippen MR) is 88.8 cm³/mol. The number of nitrogens with one attached hydrogen (secondary N) is 2. The summed E-state index contributed by atoms with van der Waals surface area (Å²) in [5.41, 5.74) is 0.466. The minimum absolute atomic E-state index is 0. The molecule has 0 unspecified atom stereocenters. The van der Waals surface area contributed by atoms with E-state index in [4.69, 9.17) is 14.2 Å². The van der Waals surface area contributed by atoms with Gasteiger partial charge in [-0.15, -0.1) is 12.4 Å². The van der Waals surface area contributed by atoms with E-state index in [-0.39, 0.29) is 24.4 Å². The molecule has 1 aromatic rings. The van der Waals surface area contributed by atoms with Crippen LogP contribution in [-0.4, -0.2) is 46.4 Å². The van der Waals surface area contributed by atoms with Crippen LogP contribution in [0.25, 0.3) is 0 Å². The van der Waals surface area contributed by atoms with E-state index in [1.54, 1.807) is 12.1 Å². The first-order valence-electron chi connectivity index (χ1n) is 6.88. The van der Waals surface area contributed by atoms with Gasteiger partial charge in [0, 0.05) is 18.2 Å². The third-order valence-electron chi connectivity index (χ3n) is 3.05. The molecule has 0 aromatic heterocycles. The summed E-state index contributed by atoms with van der Waals surface area (Å²) in [6.07, 6.45) is 0. The average Bonchev–Trinajstić information content (AvgIpc) is 2.51. The zero-order valence-electron chi connectivity index (χ0n) is 13.7. The number of carbonyl (C=O) groups excluding carboxylic acids is 1. The van der Waals surface area contributed by atoms with Crippen LogP contribution in [-0.2, 0) is 0 Å². The van der Waals surface area contributed by atoms with E-state index in [9.17, 15) is 4.79 Å². The Bertz CT molecular complexity index is 458. The van der Waals surface area contributed by atoms with Crippen molar-refractivity contribution in [2.24, 2.45) is 0 Å². The number of carbonyl (C=O) groups is 1. The fraction of sp³-hybridized carbons (Fsp3) is 0.533. The summed E-state index contributed by atoms with van der Waals surface area (Å²) in [7, 11) is 4.57. The van der Waals surface area contributed by atoms with Gasteiger partial charge >= 0.3 is 0 Å². The Hall–Kier alpha value is -1.66. The molecule has 0 aliphatic rings. The maximum absolute atomic E-state index is 12.2. The SMILES string of the molecule is CCN[C@H](C)CNC(=O)c1cc(OC)c(OC)c(OC)c1.Cl. The van der Waals surface area contributed by atoms with E-state index in [1.165, 1.54) is 21.3 Å². The highest BCUT2D eigenvalue weighted by Gasteiger charge is 2.17. The molecule has 1 rings (SSSR count). The standard InChI is InChI=1S/C15H24N2O4.ClH/c1-6-16-10(2)9-17-15(18)11-7-12(19-3)14(21-5)13(8-11)20-4;/h7-8,10,16H,6,9H2,1-5H3,(H,17,18);1H/t10-;/m1./s1. The van der Waals surface area contributed by atoms with Gasteiger partial charge in [0.1, 0.15) is 0 Å². The van der Waals surface area contributed by atoms with Gasteiger partial charge in [0.25, 0.3) is 5.91 Å². The van der Waals surface area contributed by atoms with Crippen LogP contribution in [0, 0.1) is 0 Å². The number of halogens is 1. The molecule has 6 nitrogen and oxygen atoms in total. The van der Waals surface area contributed by atoms with Gasteiger partial charge in [-0.25, -0.2) is 0 Å². The van der Waals surface area contributed by atoms with Crippen molar-refractivity contribution >= 4 is 18.3 Å². The van der Waals surface area contributed by atoms with Crippen molar-refractivity contribution in [3.05, 3.63) is 17.7 Å². The van der Waals surface area contributed by atoms with Crippen molar-refractivity contribution in [3.8, 4) is 17.2 Å². The smallest absolute Gasteiger partial charge is 0.251 e. The Morgan fingerprint density at radius 2 is 1.68 bits per heavy atom. The van der Waals surface area contributed by atoms with Crippen molar-refractivity contribution < 1.29 is 19.0 Å². The number of hydrogen-bond acceptors (Lipinski definition) is 5. The third-order valence-corrected chi connectivity index (χ3v) is 3.05. The molecule has 0 bridgehead atoms. The summed E-state index contributed by atoms with van der Waals surface area (Å²) in [6, 6.07) is 3.48. The summed E-state index contributed by atoms with van der Waals surface area (Å²) >= 11 is 0. The van der Waals surface area contributed by atoms with E-state index in [1.807, 2.05) is 13.8 Å². The van der Waals surface area contributed by atoms with Gasteiger partial charge in [-0.2, -0.15) is 0 Å². The molecule has 1 amide bonds. The van der Waals surface area contributed by atoms with Gasteiger partial charge in [0.05, 0.1) is 21.3 Å². The molecule has 2 N–H and O–H groups in total. The summed E-state index contributed by atoms with van der Waals surface area (Å²) in [5, 5.41) is 6.10. The molecule has 0 fully saturated rings. The Kier molecular flexibility index (Phi) is 9.37. The molecule has 0 aliphatic carbocycles. The number of hydrogen-bond donors (Lipinski definition) is 2. The summed E-state index contributed by atoms with van der Waals surface area (Å²) in [6.45, 7) is 5.45. The molecule has 1 atom stereocenters. The normalized spacial score (nSPS) is 11.1. The fourth-order valence-corrected chi connectivity index (χ4v) is 1.98. The number of methoxy groups -OCH3 is 3. The molecule has 0 saturated carbocycles. The lowest BCUT2D eigenvalue weighted by molar-refractivity contribution is 0.0949. The van der Waals surface area contributed by atoms with E-state index in [0.717, 1.165) is 6.54 Å². The lowest BCUT2D eigenvalue weighted by Gasteiger charge is -2.16. The quantitative estimate of drug-likeness (QED) is 0.760. The highest BCUT2D eigenvalue weighted by molar-refractivity contribution is 5.95. The molecule has 1 aromatic carbocycles. The fourth-order valence-electron chi connectivity index (χ4n) is 1.98. The first-order valence-corrected chi connectivity index (χ1v) is 6.88. The second-order valence-electron chi connectivity index (χ2n) is 4.58. The topological polar surface area (TPSA) is 68.8 Å². The van der Waals surface area contributed by atoms with Gasteiger partial charge in [0.15, 0.2) is 11.5 Å². The number of amides is 1. The second-order valence-corrected chi connectivity index (χ2v) is 4.58. The maximum Gasteiger partial charge on any atom is 0.251 e. The van der Waals surface area contributed by atoms with Crippen LogP contribution in [0.3, 0.4) is 0 Å². The van der Waals surface area contributed by atoms with Gasteiger partial charge < -0.3 is 24.8 Å². The Morgan fingerprint density at radius 3 is 2.09 bits per heavy atom. The number of ether oxygens (including phenoxy) is 3. The minimum Gasteiger partial charge on any atom is -0.493 e. The predicted octanol–water partition coefficient (Wildman–Crippen LogP) is 1.86. The van der Waals surface area contributed by atoms with Gasteiger partial charge in [0.2, 0.25) is 5.75 Å². The zero-order valence-corrected chi connectivity index (χ0v) is 14.5. The molecule has 126 valence electrons. The Morgan fingerprint density at radius 1 is 1.14 bits per heavy atom. The van der Waals surface area contributed by atoms with Crippen LogP contribution in [0.5, 0.6) is 17.2 Å². The van der Waals surface area contributed by atoms with Crippen LogP contribution in [0.1, 0.15) is 24.2 Å². The Balaban J connectivity index is 0.00000441. The van der Waals surface area contributed by atoms with Crippen LogP contribution < -0.4 is 24.8 Å². The molecule has 22 heavy (non-hydrogen) atoms. The number of likely N-dealkylation sites (N-methyl/N-ethyl adjacent to an activating group) is 1. The molecular weight excluding hydrogens is 308 g/mol. The molecular formula is C15H25ClN2O4. The van der Waals surface area contributed by atoms with Gasteiger partial charge in [-0.05, 0) is 25.6 Å². The lowest BCUT2D eigenvalue weighted by atomic mass is 10.1. The number of rotatable bonds is 8.